The minimum atomic E-state index is -0.347. The largest absolute Gasteiger partial charge is 0.394 e. The zero-order valence-corrected chi connectivity index (χ0v) is 9.05. The van der Waals surface area contributed by atoms with Crippen molar-refractivity contribution in [3.8, 4) is 0 Å². The van der Waals surface area contributed by atoms with Crippen molar-refractivity contribution in [3.05, 3.63) is 18.5 Å². The Labute approximate surface area is 89.1 Å². The van der Waals surface area contributed by atoms with E-state index in [4.69, 9.17) is 5.11 Å². The van der Waals surface area contributed by atoms with E-state index < -0.39 is 0 Å². The molecule has 1 amide bonds. The van der Waals surface area contributed by atoms with Gasteiger partial charge in [0.1, 0.15) is 6.04 Å². The van der Waals surface area contributed by atoms with Gasteiger partial charge in [-0.05, 0) is 19.4 Å². The molecule has 1 aromatic rings. The summed E-state index contributed by atoms with van der Waals surface area (Å²) in [5.41, 5.74) is 0. The SMILES string of the molecule is CC[C@H](CO)NC(=O)C(C)n1cccn1. The number of aliphatic hydroxyl groups is 1. The third kappa shape index (κ3) is 3.06. The monoisotopic (exact) mass is 211 g/mol. The van der Waals surface area contributed by atoms with E-state index in [0.29, 0.717) is 6.42 Å². The topological polar surface area (TPSA) is 67.2 Å². The van der Waals surface area contributed by atoms with E-state index in [-0.39, 0.29) is 24.6 Å². The van der Waals surface area contributed by atoms with Crippen LogP contribution in [0.4, 0.5) is 0 Å². The van der Waals surface area contributed by atoms with Crippen LogP contribution in [0.25, 0.3) is 0 Å². The Bertz CT molecular complexity index is 294. The predicted octanol–water partition coefficient (Wildman–Crippen LogP) is 0.331. The van der Waals surface area contributed by atoms with E-state index >= 15 is 0 Å². The Morgan fingerprint density at radius 3 is 2.87 bits per heavy atom. The second-order valence-electron chi connectivity index (χ2n) is 3.46. The zero-order valence-electron chi connectivity index (χ0n) is 9.05. The minimum absolute atomic E-state index is 0.0337. The van der Waals surface area contributed by atoms with Crippen LogP contribution in [0, 0.1) is 0 Å². The van der Waals surface area contributed by atoms with Crippen LogP contribution < -0.4 is 5.32 Å². The number of amides is 1. The number of hydrogen-bond donors (Lipinski definition) is 2. The summed E-state index contributed by atoms with van der Waals surface area (Å²) in [6.45, 7) is 3.65. The van der Waals surface area contributed by atoms with Gasteiger partial charge >= 0.3 is 0 Å². The molecule has 2 atom stereocenters. The molecule has 1 unspecified atom stereocenters. The van der Waals surface area contributed by atoms with Crippen LogP contribution >= 0.6 is 0 Å². The molecule has 15 heavy (non-hydrogen) atoms. The van der Waals surface area contributed by atoms with E-state index in [2.05, 4.69) is 10.4 Å². The van der Waals surface area contributed by atoms with Crippen molar-refractivity contribution in [1.82, 2.24) is 15.1 Å². The molecule has 1 aromatic heterocycles. The van der Waals surface area contributed by atoms with E-state index in [1.807, 2.05) is 6.92 Å². The van der Waals surface area contributed by atoms with Crippen molar-refractivity contribution in [2.45, 2.75) is 32.4 Å². The van der Waals surface area contributed by atoms with Gasteiger partial charge in [0.15, 0.2) is 0 Å². The highest BCUT2D eigenvalue weighted by Crippen LogP contribution is 2.04. The van der Waals surface area contributed by atoms with Crippen LogP contribution in [0.15, 0.2) is 18.5 Å². The first-order valence-electron chi connectivity index (χ1n) is 5.09. The van der Waals surface area contributed by atoms with Crippen LogP contribution in [-0.4, -0.2) is 33.4 Å². The molecular formula is C10H17N3O2. The van der Waals surface area contributed by atoms with Gasteiger partial charge in [0.2, 0.25) is 5.91 Å². The summed E-state index contributed by atoms with van der Waals surface area (Å²) in [6.07, 6.45) is 4.09. The van der Waals surface area contributed by atoms with E-state index in [9.17, 15) is 4.79 Å². The Balaban J connectivity index is 2.53. The molecule has 0 aliphatic heterocycles. The second-order valence-corrected chi connectivity index (χ2v) is 3.46. The normalized spacial score (nSPS) is 14.6. The molecule has 2 N–H and O–H groups in total. The fourth-order valence-corrected chi connectivity index (χ4v) is 1.23. The maximum absolute atomic E-state index is 11.7. The van der Waals surface area contributed by atoms with E-state index in [0.717, 1.165) is 0 Å². The van der Waals surface area contributed by atoms with Gasteiger partial charge in [0.05, 0.1) is 12.6 Å². The van der Waals surface area contributed by atoms with Gasteiger partial charge in [0.25, 0.3) is 0 Å². The Kier molecular flexibility index (Phi) is 4.30. The van der Waals surface area contributed by atoms with Gasteiger partial charge < -0.3 is 10.4 Å². The number of carbonyl (C=O) groups is 1. The fourth-order valence-electron chi connectivity index (χ4n) is 1.23. The number of hydrogen-bond acceptors (Lipinski definition) is 3. The van der Waals surface area contributed by atoms with Crippen LogP contribution in [-0.2, 0) is 4.79 Å². The minimum Gasteiger partial charge on any atom is -0.394 e. The first kappa shape index (κ1) is 11.7. The molecule has 0 saturated heterocycles. The Hall–Kier alpha value is -1.36. The molecule has 0 bridgehead atoms. The summed E-state index contributed by atoms with van der Waals surface area (Å²) >= 11 is 0. The van der Waals surface area contributed by atoms with Crippen molar-refractivity contribution >= 4 is 5.91 Å². The summed E-state index contributed by atoms with van der Waals surface area (Å²) in [5, 5.41) is 15.7. The summed E-state index contributed by atoms with van der Waals surface area (Å²) in [7, 11) is 0. The average Bonchev–Trinajstić information content (AvgIpc) is 2.77. The number of carbonyl (C=O) groups excluding carboxylic acids is 1. The first-order valence-corrected chi connectivity index (χ1v) is 5.09. The molecule has 0 aliphatic carbocycles. The van der Waals surface area contributed by atoms with Crippen molar-refractivity contribution in [2.24, 2.45) is 0 Å². The number of rotatable bonds is 5. The molecule has 84 valence electrons. The maximum atomic E-state index is 11.7. The van der Waals surface area contributed by atoms with Gasteiger partial charge in [-0.25, -0.2) is 0 Å². The van der Waals surface area contributed by atoms with Crippen molar-refractivity contribution < 1.29 is 9.90 Å². The molecule has 1 rings (SSSR count). The van der Waals surface area contributed by atoms with Crippen molar-refractivity contribution in [1.29, 1.82) is 0 Å². The van der Waals surface area contributed by atoms with E-state index in [1.165, 1.54) is 0 Å². The summed E-state index contributed by atoms with van der Waals surface area (Å²) in [5.74, 6) is -0.125. The quantitative estimate of drug-likeness (QED) is 0.737. The lowest BCUT2D eigenvalue weighted by Crippen LogP contribution is -2.40. The molecule has 1 heterocycles. The van der Waals surface area contributed by atoms with Gasteiger partial charge in [0, 0.05) is 12.4 Å². The van der Waals surface area contributed by atoms with Gasteiger partial charge in [-0.1, -0.05) is 6.92 Å². The number of aliphatic hydroxyl groups excluding tert-OH is 1. The molecule has 5 heteroatoms. The summed E-state index contributed by atoms with van der Waals surface area (Å²) in [4.78, 5) is 11.7. The van der Waals surface area contributed by atoms with Gasteiger partial charge in [-0.3, -0.25) is 9.48 Å². The second kappa shape index (κ2) is 5.50. The summed E-state index contributed by atoms with van der Waals surface area (Å²) < 4.78 is 1.58. The third-order valence-electron chi connectivity index (χ3n) is 2.36. The standard InChI is InChI=1S/C10H17N3O2/c1-3-9(7-14)12-10(15)8(2)13-6-4-5-11-13/h4-6,8-9,14H,3,7H2,1-2H3,(H,12,15)/t8?,9-/m1/s1. The molecule has 0 saturated carbocycles. The van der Waals surface area contributed by atoms with Crippen LogP contribution in [0.5, 0.6) is 0 Å². The highest BCUT2D eigenvalue weighted by atomic mass is 16.3. The van der Waals surface area contributed by atoms with Crippen molar-refractivity contribution in [2.75, 3.05) is 6.61 Å². The molecule has 0 fully saturated rings. The number of nitrogens with zero attached hydrogens (tertiary/aromatic N) is 2. The van der Waals surface area contributed by atoms with Gasteiger partial charge in [-0.2, -0.15) is 5.10 Å². The molecule has 0 radical (unpaired) electrons. The molecule has 0 aliphatic rings. The van der Waals surface area contributed by atoms with Crippen molar-refractivity contribution in [3.63, 3.8) is 0 Å². The van der Waals surface area contributed by atoms with Crippen LogP contribution in [0.1, 0.15) is 26.3 Å². The lowest BCUT2D eigenvalue weighted by atomic mass is 10.2. The van der Waals surface area contributed by atoms with Crippen LogP contribution in [0.2, 0.25) is 0 Å². The Morgan fingerprint density at radius 2 is 2.40 bits per heavy atom. The average molecular weight is 211 g/mol. The highest BCUT2D eigenvalue weighted by Gasteiger charge is 2.17. The lowest BCUT2D eigenvalue weighted by Gasteiger charge is -2.18. The van der Waals surface area contributed by atoms with E-state index in [1.54, 1.807) is 30.1 Å². The highest BCUT2D eigenvalue weighted by molar-refractivity contribution is 5.80. The zero-order chi connectivity index (χ0) is 11.3. The van der Waals surface area contributed by atoms with Crippen LogP contribution in [0.3, 0.4) is 0 Å². The number of nitrogens with one attached hydrogen (secondary N) is 1. The molecule has 5 nitrogen and oxygen atoms in total. The predicted molar refractivity (Wildman–Crippen MR) is 56.2 cm³/mol. The smallest absolute Gasteiger partial charge is 0.244 e. The molecule has 0 aromatic carbocycles. The lowest BCUT2D eigenvalue weighted by molar-refractivity contribution is -0.125. The molecular weight excluding hydrogens is 194 g/mol. The number of aromatic nitrogens is 2. The first-order chi connectivity index (χ1) is 7.19. The Morgan fingerprint density at radius 1 is 1.67 bits per heavy atom. The van der Waals surface area contributed by atoms with Gasteiger partial charge in [-0.15, -0.1) is 0 Å². The fraction of sp³-hybridized carbons (Fsp3) is 0.600. The maximum Gasteiger partial charge on any atom is 0.244 e. The molecule has 0 spiro atoms. The summed E-state index contributed by atoms with van der Waals surface area (Å²) in [6, 6.07) is 1.25. The third-order valence-corrected chi connectivity index (χ3v) is 2.36.